The highest BCUT2D eigenvalue weighted by Gasteiger charge is 2.48. The van der Waals surface area contributed by atoms with Crippen molar-refractivity contribution in [3.63, 3.8) is 0 Å². The normalized spacial score (nSPS) is 16.7. The second-order valence-corrected chi connectivity index (χ2v) is 9.31. The van der Waals surface area contributed by atoms with Crippen LogP contribution in [0.2, 0.25) is 10.0 Å². The van der Waals surface area contributed by atoms with Gasteiger partial charge in [-0.1, -0.05) is 35.3 Å². The smallest absolute Gasteiger partial charge is 0.300 e. The van der Waals surface area contributed by atoms with E-state index in [9.17, 15) is 14.7 Å². The molecule has 9 heteroatoms. The molecule has 1 aliphatic rings. The molecular weight excluding hydrogens is 517 g/mol. The van der Waals surface area contributed by atoms with Crippen molar-refractivity contribution in [2.75, 3.05) is 26.2 Å². The summed E-state index contributed by atoms with van der Waals surface area (Å²) in [5.74, 6) is -1.05. The molecule has 0 radical (unpaired) electrons. The molecule has 1 N–H and O–H groups in total. The first-order valence-electron chi connectivity index (χ1n) is 11.3. The number of nitrogens with zero attached hydrogens (tertiary/aromatic N) is 1. The van der Waals surface area contributed by atoms with E-state index in [1.807, 2.05) is 0 Å². The molecule has 1 atom stereocenters. The van der Waals surface area contributed by atoms with Crippen LogP contribution in [0.25, 0.3) is 5.76 Å². The number of ketones is 1. The number of hydrogen-bond acceptors (Lipinski definition) is 6. The van der Waals surface area contributed by atoms with Crippen LogP contribution in [0.3, 0.4) is 0 Å². The third-order valence-electron chi connectivity index (χ3n) is 6.31. The Labute approximate surface area is 224 Å². The Hall–Kier alpha value is -3.68. The molecule has 4 rings (SSSR count). The average molecular weight is 542 g/mol. The highest BCUT2D eigenvalue weighted by molar-refractivity contribution is 6.52. The maximum Gasteiger partial charge on any atom is 0.300 e. The van der Waals surface area contributed by atoms with Gasteiger partial charge in [0.25, 0.3) is 11.7 Å². The summed E-state index contributed by atoms with van der Waals surface area (Å²) < 4.78 is 16.3. The van der Waals surface area contributed by atoms with Crippen molar-refractivity contribution in [1.29, 1.82) is 0 Å². The highest BCUT2D eigenvalue weighted by Crippen LogP contribution is 2.47. The number of Topliss-reactive ketones (excluding diaryl/α,β-unsaturated/α-hetero) is 1. The van der Waals surface area contributed by atoms with Crippen LogP contribution in [0.1, 0.15) is 28.3 Å². The third kappa shape index (κ3) is 4.49. The number of anilines is 1. The Morgan fingerprint density at radius 2 is 1.59 bits per heavy atom. The summed E-state index contributed by atoms with van der Waals surface area (Å²) in [5, 5.41) is 12.3. The van der Waals surface area contributed by atoms with Crippen LogP contribution in [-0.2, 0) is 9.59 Å². The van der Waals surface area contributed by atoms with Crippen LogP contribution in [-0.4, -0.2) is 38.1 Å². The Morgan fingerprint density at radius 1 is 0.892 bits per heavy atom. The summed E-state index contributed by atoms with van der Waals surface area (Å²) >= 11 is 12.7. The van der Waals surface area contributed by atoms with Gasteiger partial charge in [-0.25, -0.2) is 0 Å². The number of ether oxygens (including phenoxy) is 3. The zero-order chi connectivity index (χ0) is 27.0. The summed E-state index contributed by atoms with van der Waals surface area (Å²) in [6.45, 7) is 3.55. The van der Waals surface area contributed by atoms with Gasteiger partial charge in [0.1, 0.15) is 11.5 Å². The minimum absolute atomic E-state index is 0.128. The summed E-state index contributed by atoms with van der Waals surface area (Å²) in [4.78, 5) is 28.4. The number of halogens is 2. The van der Waals surface area contributed by atoms with Crippen LogP contribution in [0.5, 0.6) is 17.2 Å². The number of amides is 1. The topological polar surface area (TPSA) is 85.3 Å². The third-order valence-corrected chi connectivity index (χ3v) is 7.00. The Balaban J connectivity index is 2.06. The molecule has 0 aliphatic carbocycles. The maximum absolute atomic E-state index is 13.6. The standard InChI is InChI=1S/C28H25Cl2NO6/c1-14-11-17(27(37-5)19(30)12-14)25(32)23-24(16-9-10-21(35-3)22(13-16)36-4)31(28(34)26(23)33)20-8-6-7-18(29)15(20)2/h6-13,24,32H,1-5H3/b25-23+. The molecule has 1 amide bonds. The van der Waals surface area contributed by atoms with E-state index in [-0.39, 0.29) is 21.9 Å². The number of hydrogen-bond donors (Lipinski definition) is 1. The van der Waals surface area contributed by atoms with Gasteiger partial charge in [0, 0.05) is 10.7 Å². The fraction of sp³-hybridized carbons (Fsp3) is 0.214. The van der Waals surface area contributed by atoms with Crippen LogP contribution < -0.4 is 19.1 Å². The average Bonchev–Trinajstić information content (AvgIpc) is 3.14. The van der Waals surface area contributed by atoms with Crippen molar-refractivity contribution < 1.29 is 28.9 Å². The zero-order valence-electron chi connectivity index (χ0n) is 20.9. The lowest BCUT2D eigenvalue weighted by molar-refractivity contribution is -0.132. The number of aryl methyl sites for hydroxylation is 1. The van der Waals surface area contributed by atoms with E-state index in [0.717, 1.165) is 5.56 Å². The summed E-state index contributed by atoms with van der Waals surface area (Å²) in [6, 6.07) is 12.4. The lowest BCUT2D eigenvalue weighted by Gasteiger charge is -2.27. The van der Waals surface area contributed by atoms with Gasteiger partial charge in [0.15, 0.2) is 11.5 Å². The van der Waals surface area contributed by atoms with Gasteiger partial charge < -0.3 is 19.3 Å². The van der Waals surface area contributed by atoms with Crippen molar-refractivity contribution >= 4 is 46.3 Å². The van der Waals surface area contributed by atoms with Gasteiger partial charge in [0.05, 0.1) is 43.5 Å². The second kappa shape index (κ2) is 10.4. The quantitative estimate of drug-likeness (QED) is 0.225. The molecule has 1 saturated heterocycles. The molecule has 1 unspecified atom stereocenters. The molecule has 37 heavy (non-hydrogen) atoms. The van der Waals surface area contributed by atoms with E-state index in [4.69, 9.17) is 37.4 Å². The monoisotopic (exact) mass is 541 g/mol. The van der Waals surface area contributed by atoms with Crippen LogP contribution in [0.4, 0.5) is 5.69 Å². The van der Waals surface area contributed by atoms with Crippen molar-refractivity contribution in [3.8, 4) is 17.2 Å². The largest absolute Gasteiger partial charge is 0.507 e. The molecule has 0 spiro atoms. The lowest BCUT2D eigenvalue weighted by Crippen LogP contribution is -2.30. The van der Waals surface area contributed by atoms with Gasteiger partial charge in [-0.2, -0.15) is 0 Å². The van der Waals surface area contributed by atoms with Crippen molar-refractivity contribution in [3.05, 3.63) is 86.4 Å². The molecule has 3 aromatic carbocycles. The fourth-order valence-corrected chi connectivity index (χ4v) is 5.05. The lowest BCUT2D eigenvalue weighted by atomic mass is 9.94. The van der Waals surface area contributed by atoms with Gasteiger partial charge in [-0.3, -0.25) is 14.5 Å². The predicted molar refractivity (Wildman–Crippen MR) is 143 cm³/mol. The molecule has 0 bridgehead atoms. The van der Waals surface area contributed by atoms with Gasteiger partial charge >= 0.3 is 0 Å². The Kier molecular flexibility index (Phi) is 7.39. The van der Waals surface area contributed by atoms with Gasteiger partial charge in [-0.05, 0) is 66.9 Å². The number of aliphatic hydroxyl groups excluding tert-OH is 1. The number of methoxy groups -OCH3 is 3. The van der Waals surface area contributed by atoms with E-state index >= 15 is 0 Å². The van der Waals surface area contributed by atoms with Crippen molar-refractivity contribution in [2.45, 2.75) is 19.9 Å². The number of carbonyl (C=O) groups excluding carboxylic acids is 2. The summed E-state index contributed by atoms with van der Waals surface area (Å²) in [6.07, 6.45) is 0. The second-order valence-electron chi connectivity index (χ2n) is 8.50. The van der Waals surface area contributed by atoms with Crippen molar-refractivity contribution in [2.24, 2.45) is 0 Å². The molecule has 3 aromatic rings. The number of rotatable bonds is 6. The van der Waals surface area contributed by atoms with E-state index in [1.54, 1.807) is 62.4 Å². The van der Waals surface area contributed by atoms with Crippen LogP contribution in [0, 0.1) is 13.8 Å². The molecular formula is C28H25Cl2NO6. The minimum Gasteiger partial charge on any atom is -0.507 e. The Bertz CT molecular complexity index is 1450. The van der Waals surface area contributed by atoms with E-state index in [2.05, 4.69) is 0 Å². The van der Waals surface area contributed by atoms with Crippen molar-refractivity contribution in [1.82, 2.24) is 0 Å². The Morgan fingerprint density at radius 3 is 2.24 bits per heavy atom. The first-order valence-corrected chi connectivity index (χ1v) is 12.0. The number of aliphatic hydroxyl groups is 1. The van der Waals surface area contributed by atoms with Crippen LogP contribution in [0.15, 0.2) is 54.1 Å². The SMILES string of the molecule is COc1ccc(C2/C(=C(\O)c3cc(C)cc(Cl)c3OC)C(=O)C(=O)N2c2cccc(Cl)c2C)cc1OC. The molecule has 0 saturated carbocycles. The van der Waals surface area contributed by atoms with E-state index in [0.29, 0.717) is 33.3 Å². The highest BCUT2D eigenvalue weighted by atomic mass is 35.5. The summed E-state index contributed by atoms with van der Waals surface area (Å²) in [5.41, 5.74) is 2.34. The first kappa shape index (κ1) is 26.4. The number of benzene rings is 3. The van der Waals surface area contributed by atoms with Crippen LogP contribution >= 0.6 is 23.2 Å². The molecule has 1 aliphatic heterocycles. The van der Waals surface area contributed by atoms with Gasteiger partial charge in [0.2, 0.25) is 0 Å². The minimum atomic E-state index is -1.01. The van der Waals surface area contributed by atoms with Gasteiger partial charge in [-0.15, -0.1) is 0 Å². The fourth-order valence-electron chi connectivity index (χ4n) is 4.53. The predicted octanol–water partition coefficient (Wildman–Crippen LogP) is 6.26. The molecule has 1 heterocycles. The molecule has 1 fully saturated rings. The number of carbonyl (C=O) groups is 2. The molecule has 7 nitrogen and oxygen atoms in total. The van der Waals surface area contributed by atoms with E-state index in [1.165, 1.54) is 26.2 Å². The summed E-state index contributed by atoms with van der Waals surface area (Å²) in [7, 11) is 4.40. The first-order chi connectivity index (χ1) is 17.6. The zero-order valence-corrected chi connectivity index (χ0v) is 22.4. The van der Waals surface area contributed by atoms with E-state index < -0.39 is 23.5 Å². The maximum atomic E-state index is 13.6. The molecule has 192 valence electrons. The molecule has 0 aromatic heterocycles.